The maximum absolute atomic E-state index is 12.0. The van der Waals surface area contributed by atoms with Crippen LogP contribution in [0.25, 0.3) is 0 Å². The van der Waals surface area contributed by atoms with Crippen LogP contribution < -0.4 is 97.5 Å². The van der Waals surface area contributed by atoms with E-state index in [0.717, 1.165) is 207 Å². The number of carboxylic acids is 2. The first-order valence-electron chi connectivity index (χ1n) is 48.8. The van der Waals surface area contributed by atoms with E-state index in [1.807, 2.05) is 115 Å². The van der Waals surface area contributed by atoms with Crippen molar-refractivity contribution in [3.63, 3.8) is 0 Å². The van der Waals surface area contributed by atoms with Crippen molar-refractivity contribution < 1.29 is 187 Å². The van der Waals surface area contributed by atoms with Crippen molar-refractivity contribution in [2.45, 2.75) is 298 Å². The van der Waals surface area contributed by atoms with Gasteiger partial charge in [0.1, 0.15) is 81.0 Å². The Kier molecular flexibility index (Phi) is 56.0. The van der Waals surface area contributed by atoms with Crippen LogP contribution in [0.5, 0.6) is 40.2 Å². The topological polar surface area (TPSA) is 390 Å². The quantitative estimate of drug-likeness (QED) is 0.00587. The Morgan fingerprint density at radius 2 is 0.554 bits per heavy atom. The number of hydrogen-bond acceptors (Lipinski definition) is 24. The van der Waals surface area contributed by atoms with Gasteiger partial charge < -0.3 is 84.5 Å². The van der Waals surface area contributed by atoms with Crippen LogP contribution in [-0.4, -0.2) is 177 Å². The van der Waals surface area contributed by atoms with E-state index in [2.05, 4.69) is 115 Å². The number of ketones is 6. The van der Waals surface area contributed by atoms with Gasteiger partial charge in [0.25, 0.3) is 6.47 Å². The molecule has 148 heavy (non-hydrogen) atoms. The molecule has 0 atom stereocenters. The third-order valence-electron chi connectivity index (χ3n) is 29.5. The molecular formula is C115H159Cl3Na2O26Si2. The van der Waals surface area contributed by atoms with Crippen molar-refractivity contribution in [2.24, 2.45) is 0 Å². The Hall–Kier alpha value is -8.19. The Balaban J connectivity index is 0.000000831. The first-order chi connectivity index (χ1) is 68.7. The normalized spacial score (nSPS) is 15.9. The number of carboxylic acid groups (broad SMARTS) is 2. The van der Waals surface area contributed by atoms with Crippen LogP contribution in [0.15, 0.2) is 170 Å². The molecule has 0 bridgehead atoms. The molecule has 0 spiro atoms. The SMILES string of the molecule is CC(=O)C1(c2ccc(C)cc2)CC1.CC(C)(C)[Si](C)(C)Cl.CO.CO.COCCl.COc1ccc(C2(C(=O)O)CC2)cc1.COc1ccc(C2(C(=O)O)CC2)cc1.COc1ccc(C2(C(C)=O)CC2)cc1.COc1ccc(C2(C(C)=O)CC2)cc1CCl.COc1ccc(C2(C(C)=O)CC2)cc1CO.COc1ccc(C2(C(C)=O)CC2)cc1CO.COc1ccc(C2(C(C)=O)CC2)cc1CO[Si](C)(C)C(C)(C)C.O=CO[O-].[H-].[Na+].[Na+]. The monoisotopic (exact) mass is 2160 g/mol. The van der Waals surface area contributed by atoms with E-state index in [0.29, 0.717) is 40.9 Å². The van der Waals surface area contributed by atoms with Crippen LogP contribution in [0, 0.1) is 6.92 Å². The van der Waals surface area contributed by atoms with Crippen molar-refractivity contribution in [3.8, 4) is 40.2 Å². The number of alkyl halides is 2. The molecule has 0 heterocycles. The van der Waals surface area contributed by atoms with Gasteiger partial charge in [0.2, 0.25) is 0 Å². The Morgan fingerprint density at radius 3 is 0.730 bits per heavy atom. The van der Waals surface area contributed by atoms with Crippen molar-refractivity contribution in [1.29, 1.82) is 0 Å². The number of aliphatic hydroxyl groups excluding tert-OH is 4. The molecule has 8 saturated carbocycles. The van der Waals surface area contributed by atoms with Crippen LogP contribution >= 0.6 is 34.3 Å². The van der Waals surface area contributed by atoms with Gasteiger partial charge in [-0.05, 0) is 304 Å². The molecule has 0 saturated heterocycles. The zero-order chi connectivity index (χ0) is 111. The Bertz CT molecular complexity index is 5170. The molecule has 806 valence electrons. The molecule has 0 aromatic heterocycles. The van der Waals surface area contributed by atoms with Gasteiger partial charge in [0.05, 0.1) is 119 Å². The summed E-state index contributed by atoms with van der Waals surface area (Å²) in [7, 11) is 11.6. The van der Waals surface area contributed by atoms with Crippen LogP contribution in [-0.2, 0) is 126 Å². The number of rotatable bonds is 31. The number of carbonyl (C=O) groups excluding carboxylic acids is 7. The van der Waals surface area contributed by atoms with Gasteiger partial charge in [0, 0.05) is 43.6 Å². The molecule has 0 radical (unpaired) electrons. The Labute approximate surface area is 939 Å². The molecule has 0 amide bonds. The first-order valence-corrected chi connectivity index (χ1v) is 56.7. The fourth-order valence-electron chi connectivity index (χ4n) is 16.2. The minimum absolute atomic E-state index is 0. The fraction of sp³-hybridized carbons (Fsp3) is 0.504. The van der Waals surface area contributed by atoms with E-state index in [-0.39, 0.29) is 147 Å². The molecule has 8 aliphatic rings. The number of carbonyl (C=O) groups is 9. The van der Waals surface area contributed by atoms with Crippen molar-refractivity contribution in [2.75, 3.05) is 77.2 Å². The van der Waals surface area contributed by atoms with E-state index in [1.165, 1.54) is 11.1 Å². The van der Waals surface area contributed by atoms with Gasteiger partial charge in [-0.25, -0.2) is 0 Å². The number of halogens is 3. The predicted molar refractivity (Wildman–Crippen MR) is 578 cm³/mol. The molecule has 8 aliphatic carbocycles. The molecule has 8 fully saturated rings. The van der Waals surface area contributed by atoms with Gasteiger partial charge >= 0.3 is 71.1 Å². The maximum Gasteiger partial charge on any atom is 1.00 e. The molecular weight excluding hydrogens is 2010 g/mol. The predicted octanol–water partition coefficient (Wildman–Crippen LogP) is 15.9. The van der Waals surface area contributed by atoms with Crippen LogP contribution in [0.2, 0.25) is 36.3 Å². The molecule has 8 aromatic rings. The van der Waals surface area contributed by atoms with Gasteiger partial charge in [-0.2, -0.15) is 11.1 Å². The van der Waals surface area contributed by atoms with Crippen molar-refractivity contribution in [1.82, 2.24) is 0 Å². The average Bonchev–Trinajstić information content (AvgIpc) is 1.59. The summed E-state index contributed by atoms with van der Waals surface area (Å²) in [4.78, 5) is 103. The van der Waals surface area contributed by atoms with Crippen molar-refractivity contribution in [3.05, 3.63) is 242 Å². The van der Waals surface area contributed by atoms with Crippen LogP contribution in [0.1, 0.15) is 260 Å². The molecule has 6 N–H and O–H groups in total. The second-order valence-corrected chi connectivity index (χ2v) is 53.1. The number of aryl methyl sites for hydroxylation is 1. The first kappa shape index (κ1) is 136. The van der Waals surface area contributed by atoms with Crippen LogP contribution in [0.3, 0.4) is 0 Å². The minimum Gasteiger partial charge on any atom is -1.00 e. The number of aliphatic hydroxyl groups is 4. The molecule has 0 aliphatic heterocycles. The molecule has 8 aromatic carbocycles. The maximum atomic E-state index is 12.0. The zero-order valence-corrected chi connectivity index (χ0v) is 101. The Morgan fingerprint density at radius 1 is 0.358 bits per heavy atom. The largest absolute Gasteiger partial charge is 1.00 e. The molecule has 16 rings (SSSR count). The van der Waals surface area contributed by atoms with E-state index < -0.39 is 38.5 Å². The zero-order valence-electron chi connectivity index (χ0n) is 93.6. The third kappa shape index (κ3) is 36.5. The smallest absolute Gasteiger partial charge is 1.00 e. The summed E-state index contributed by atoms with van der Waals surface area (Å²) in [6.07, 6.45) is 14.5. The van der Waals surface area contributed by atoms with E-state index >= 15 is 0 Å². The molecule has 0 unspecified atom stereocenters. The van der Waals surface area contributed by atoms with Gasteiger partial charge in [-0.15, -0.1) is 11.6 Å². The number of aliphatic carboxylic acids is 2. The number of hydrogen-bond donors (Lipinski definition) is 6. The molecule has 26 nitrogen and oxygen atoms in total. The summed E-state index contributed by atoms with van der Waals surface area (Å²) in [6.45, 7) is 34.5. The van der Waals surface area contributed by atoms with Gasteiger partial charge in [-0.1, -0.05) is 157 Å². The standard InChI is InChI=1S/C19H30O3Si.C13H15ClO2.2C13H16O3.C12H14O2.C12H14O.2C11H12O3.C6H15ClSi.C2H5ClO.CH2O3.2CH4O.2Na.H/c1-14(20)19(10-11-19)16-8-9-17(21-5)15(12-16)13-22-23(6,7)18(2,3)4;3*1-9(15)13(5-6-13)11-3-4-12(16-2)10(7-11)8-14;1-9(13)12(7-8-12)10-3-5-11(14-2)6-4-10;1-9-3-5-11(6-4-9)12(7-8-12)10(2)13;2*1-14-9-4-2-8(3-5-9)11(6-7-11)10(12)13;1-6(2,3)8(4,5)7;1-4-2-3;2-1-4-3;2*1-2;;;/h8-9,12H,10-11,13H2,1-7H3;3-4,7H,5-6,8H2,1-2H3;2*3-4,7,14H,5-6,8H2,1-2H3;3-6H,7-8H2,1-2H3;3-6H,7-8H2,1-2H3;2*2-5H,6-7H2,1H3,(H,12,13);1-5H3;2H2,1H3;1,3H;2*2H,1H3;;;/q;;;;;;;;;;;;;2*+1;-1/p-1. The summed E-state index contributed by atoms with van der Waals surface area (Å²) < 4.78 is 46.8. The number of Topliss-reactive ketones (excluding diaryl/α,β-unsaturated/α-hetero) is 6. The summed E-state index contributed by atoms with van der Waals surface area (Å²) in [5.74, 6) is 5.83. The minimum atomic E-state index is -1.82. The fourth-order valence-corrected chi connectivity index (χ4v) is 17.3. The van der Waals surface area contributed by atoms with Gasteiger partial charge in [-0.3, -0.25) is 43.2 Å². The summed E-state index contributed by atoms with van der Waals surface area (Å²) >= 11 is 17.0. The van der Waals surface area contributed by atoms with E-state index in [4.69, 9.17) is 102 Å². The number of benzene rings is 8. The summed E-state index contributed by atoms with van der Waals surface area (Å²) in [5.41, 5.74) is 10.5. The van der Waals surface area contributed by atoms with E-state index in [1.54, 1.807) is 123 Å². The summed E-state index contributed by atoms with van der Waals surface area (Å²) in [6, 6.07) is 54.2. The van der Waals surface area contributed by atoms with Crippen molar-refractivity contribution >= 4 is 103 Å². The van der Waals surface area contributed by atoms with E-state index in [9.17, 15) is 48.6 Å². The second-order valence-electron chi connectivity index (χ2n) is 40.6. The third-order valence-corrected chi connectivity index (χ3v) is 39.8. The number of methoxy groups -OCH3 is 8. The van der Waals surface area contributed by atoms with Gasteiger partial charge in [0.15, 0.2) is 15.7 Å². The average molecular weight is 2170 g/mol. The van der Waals surface area contributed by atoms with Crippen LogP contribution in [0.4, 0.5) is 0 Å². The summed E-state index contributed by atoms with van der Waals surface area (Å²) in [5, 5.41) is 59.5. The number of ether oxygens (including phenoxy) is 8. The second kappa shape index (κ2) is 61.0. The molecule has 33 heteroatoms.